The molecule has 1 unspecified atom stereocenters. The number of halogens is 2. The third-order valence-electron chi connectivity index (χ3n) is 4.42. The lowest BCUT2D eigenvalue weighted by Gasteiger charge is -2.33. The zero-order chi connectivity index (χ0) is 22.4. The van der Waals surface area contributed by atoms with Gasteiger partial charge in [0.05, 0.1) is 34.4 Å². The van der Waals surface area contributed by atoms with E-state index in [9.17, 15) is 19.5 Å². The standard InChI is InChI=1S/C19H20Cl2N4O5/c1-19(2,3)30-18(29)24-7-12-14(16(22)26)15(9-4-5-10(20)11(21)6-9)23-25(12)13(8-24)17(27)28/h4-6,13H,7-8H2,1-3H3,(H2,22,26)(H,27,28). The Kier molecular flexibility index (Phi) is 5.70. The van der Waals surface area contributed by atoms with Crippen LogP contribution in [-0.2, 0) is 16.1 Å². The predicted octanol–water partition coefficient (Wildman–Crippen LogP) is 3.33. The fourth-order valence-electron chi connectivity index (χ4n) is 3.16. The Morgan fingerprint density at radius 1 is 1.23 bits per heavy atom. The molecule has 9 nitrogen and oxygen atoms in total. The van der Waals surface area contributed by atoms with Crippen molar-refractivity contribution in [1.82, 2.24) is 14.7 Å². The number of carbonyl (C=O) groups is 3. The number of benzene rings is 1. The number of ether oxygens (including phenoxy) is 1. The third kappa shape index (κ3) is 4.22. The number of aliphatic carboxylic acids is 1. The summed E-state index contributed by atoms with van der Waals surface area (Å²) in [4.78, 5) is 38.0. The number of primary amides is 1. The quantitative estimate of drug-likeness (QED) is 0.731. The molecule has 1 aromatic carbocycles. The topological polar surface area (TPSA) is 128 Å². The molecule has 3 rings (SSSR count). The van der Waals surface area contributed by atoms with E-state index in [1.54, 1.807) is 26.8 Å². The molecule has 1 aliphatic rings. The molecule has 2 aromatic rings. The summed E-state index contributed by atoms with van der Waals surface area (Å²) in [5.41, 5.74) is 5.63. The van der Waals surface area contributed by atoms with E-state index in [1.807, 2.05) is 0 Å². The normalized spacial score (nSPS) is 16.2. The van der Waals surface area contributed by atoms with Crippen LogP contribution in [-0.4, -0.2) is 49.9 Å². The monoisotopic (exact) mass is 454 g/mol. The smallest absolute Gasteiger partial charge is 0.410 e. The average Bonchev–Trinajstić information content (AvgIpc) is 3.01. The third-order valence-corrected chi connectivity index (χ3v) is 5.15. The van der Waals surface area contributed by atoms with E-state index in [0.717, 1.165) is 0 Å². The largest absolute Gasteiger partial charge is 0.480 e. The molecule has 3 N–H and O–H groups in total. The van der Waals surface area contributed by atoms with Crippen LogP contribution >= 0.6 is 23.2 Å². The number of carbonyl (C=O) groups excluding carboxylic acids is 2. The van der Waals surface area contributed by atoms with Gasteiger partial charge in [-0.3, -0.25) is 14.4 Å². The van der Waals surface area contributed by atoms with Crippen LogP contribution in [0.3, 0.4) is 0 Å². The first-order valence-corrected chi connectivity index (χ1v) is 9.72. The van der Waals surface area contributed by atoms with Crippen molar-refractivity contribution in [3.8, 4) is 11.3 Å². The van der Waals surface area contributed by atoms with Crippen LogP contribution in [0.25, 0.3) is 11.3 Å². The summed E-state index contributed by atoms with van der Waals surface area (Å²) in [7, 11) is 0. The Bertz CT molecular complexity index is 1040. The molecule has 0 radical (unpaired) electrons. The fraction of sp³-hybridized carbons (Fsp3) is 0.368. The molecule has 2 amide bonds. The van der Waals surface area contributed by atoms with Gasteiger partial charge in [-0.25, -0.2) is 9.59 Å². The summed E-state index contributed by atoms with van der Waals surface area (Å²) in [5.74, 6) is -2.03. The van der Waals surface area contributed by atoms with Crippen LogP contribution in [0.4, 0.5) is 4.79 Å². The van der Waals surface area contributed by atoms with Gasteiger partial charge in [-0.05, 0) is 32.9 Å². The van der Waals surface area contributed by atoms with E-state index in [0.29, 0.717) is 10.6 Å². The van der Waals surface area contributed by atoms with Crippen LogP contribution in [0.1, 0.15) is 42.9 Å². The van der Waals surface area contributed by atoms with Crippen molar-refractivity contribution in [3.05, 3.63) is 39.5 Å². The van der Waals surface area contributed by atoms with E-state index in [4.69, 9.17) is 33.7 Å². The number of nitrogens with zero attached hydrogens (tertiary/aromatic N) is 3. The Morgan fingerprint density at radius 2 is 1.90 bits per heavy atom. The van der Waals surface area contributed by atoms with Crippen LogP contribution in [0, 0.1) is 0 Å². The van der Waals surface area contributed by atoms with Crippen LogP contribution in [0.2, 0.25) is 10.0 Å². The molecular weight excluding hydrogens is 435 g/mol. The second-order valence-corrected chi connectivity index (χ2v) is 8.64. The van der Waals surface area contributed by atoms with E-state index in [2.05, 4.69) is 5.10 Å². The van der Waals surface area contributed by atoms with E-state index in [1.165, 1.54) is 21.7 Å². The van der Waals surface area contributed by atoms with Crippen LogP contribution < -0.4 is 5.73 Å². The molecule has 0 saturated heterocycles. The molecule has 1 atom stereocenters. The molecule has 0 fully saturated rings. The second kappa shape index (κ2) is 7.81. The summed E-state index contributed by atoms with van der Waals surface area (Å²) >= 11 is 12.0. The van der Waals surface area contributed by atoms with Gasteiger partial charge in [0.1, 0.15) is 11.3 Å². The molecule has 1 aromatic heterocycles. The van der Waals surface area contributed by atoms with Gasteiger partial charge in [0.2, 0.25) is 0 Å². The van der Waals surface area contributed by atoms with Gasteiger partial charge in [0.15, 0.2) is 6.04 Å². The zero-order valence-corrected chi connectivity index (χ0v) is 18.0. The molecule has 1 aliphatic heterocycles. The number of fused-ring (bicyclic) bond motifs is 1. The fourth-order valence-corrected chi connectivity index (χ4v) is 3.46. The minimum atomic E-state index is -1.23. The number of amides is 2. The maximum absolute atomic E-state index is 12.6. The first kappa shape index (κ1) is 21.9. The lowest BCUT2D eigenvalue weighted by atomic mass is 10.0. The van der Waals surface area contributed by atoms with Gasteiger partial charge in [0.25, 0.3) is 5.91 Å². The molecule has 0 aliphatic carbocycles. The molecule has 2 heterocycles. The highest BCUT2D eigenvalue weighted by atomic mass is 35.5. The number of hydrogen-bond acceptors (Lipinski definition) is 5. The predicted molar refractivity (Wildman–Crippen MR) is 110 cm³/mol. The number of carboxylic acids is 1. The zero-order valence-electron chi connectivity index (χ0n) is 16.5. The second-order valence-electron chi connectivity index (χ2n) is 7.82. The molecule has 30 heavy (non-hydrogen) atoms. The molecule has 160 valence electrons. The van der Waals surface area contributed by atoms with E-state index in [-0.39, 0.29) is 35.1 Å². The first-order chi connectivity index (χ1) is 13.9. The Hall–Kier alpha value is -2.78. The summed E-state index contributed by atoms with van der Waals surface area (Å²) in [6.45, 7) is 4.82. The molecule has 0 bridgehead atoms. The van der Waals surface area contributed by atoms with Crippen molar-refractivity contribution >= 4 is 41.2 Å². The van der Waals surface area contributed by atoms with Crippen LogP contribution in [0.15, 0.2) is 18.2 Å². The highest BCUT2D eigenvalue weighted by Crippen LogP contribution is 2.34. The highest BCUT2D eigenvalue weighted by Gasteiger charge is 2.39. The number of rotatable bonds is 3. The number of aromatic nitrogens is 2. The summed E-state index contributed by atoms with van der Waals surface area (Å²) < 4.78 is 6.57. The van der Waals surface area contributed by atoms with Gasteiger partial charge in [-0.15, -0.1) is 0 Å². The van der Waals surface area contributed by atoms with Crippen molar-refractivity contribution in [2.75, 3.05) is 6.54 Å². The minimum Gasteiger partial charge on any atom is -0.480 e. The molecule has 0 saturated carbocycles. The number of carboxylic acid groups (broad SMARTS) is 1. The van der Waals surface area contributed by atoms with Gasteiger partial charge in [-0.1, -0.05) is 29.3 Å². The lowest BCUT2D eigenvalue weighted by Crippen LogP contribution is -2.46. The maximum Gasteiger partial charge on any atom is 0.410 e. The maximum atomic E-state index is 12.6. The van der Waals surface area contributed by atoms with Crippen molar-refractivity contribution in [3.63, 3.8) is 0 Å². The molecule has 11 heteroatoms. The van der Waals surface area contributed by atoms with Crippen LogP contribution in [0.5, 0.6) is 0 Å². The van der Waals surface area contributed by atoms with Crippen molar-refractivity contribution in [1.29, 1.82) is 0 Å². The Labute approximate surface area is 182 Å². The van der Waals surface area contributed by atoms with Gasteiger partial charge < -0.3 is 15.6 Å². The molecule has 0 spiro atoms. The minimum absolute atomic E-state index is 0.00731. The van der Waals surface area contributed by atoms with Crippen molar-refractivity contribution < 1.29 is 24.2 Å². The number of hydrogen-bond donors (Lipinski definition) is 2. The van der Waals surface area contributed by atoms with Gasteiger partial charge in [-0.2, -0.15) is 5.10 Å². The van der Waals surface area contributed by atoms with E-state index < -0.39 is 29.6 Å². The Morgan fingerprint density at radius 3 is 2.43 bits per heavy atom. The SMILES string of the molecule is CC(C)(C)OC(=O)N1Cc2c(C(N)=O)c(-c3ccc(Cl)c(Cl)c3)nn2C(C(=O)O)C1. The summed E-state index contributed by atoms with van der Waals surface area (Å²) in [6, 6.07) is 3.41. The van der Waals surface area contributed by atoms with Crippen molar-refractivity contribution in [2.45, 2.75) is 39.0 Å². The van der Waals surface area contributed by atoms with Crippen molar-refractivity contribution in [2.24, 2.45) is 5.73 Å². The molecular formula is C19H20Cl2N4O5. The highest BCUT2D eigenvalue weighted by molar-refractivity contribution is 6.42. The van der Waals surface area contributed by atoms with Gasteiger partial charge in [0, 0.05) is 5.56 Å². The number of nitrogens with two attached hydrogens (primary N) is 1. The summed E-state index contributed by atoms with van der Waals surface area (Å²) in [5, 5.41) is 14.6. The first-order valence-electron chi connectivity index (χ1n) is 8.96. The van der Waals surface area contributed by atoms with E-state index >= 15 is 0 Å². The average molecular weight is 455 g/mol. The van der Waals surface area contributed by atoms with Gasteiger partial charge >= 0.3 is 12.1 Å². The lowest BCUT2D eigenvalue weighted by molar-refractivity contribution is -0.142. The summed E-state index contributed by atoms with van der Waals surface area (Å²) in [6.07, 6.45) is -0.701. The Balaban J connectivity index is 2.13.